The van der Waals surface area contributed by atoms with E-state index in [1.807, 2.05) is 36.4 Å². The van der Waals surface area contributed by atoms with Crippen LogP contribution in [-0.4, -0.2) is 47.0 Å². The second kappa shape index (κ2) is 9.67. The van der Waals surface area contributed by atoms with E-state index < -0.39 is 0 Å². The molecule has 7 nitrogen and oxygen atoms in total. The maximum Gasteiger partial charge on any atom is 0.234 e. The Balaban J connectivity index is 1.28. The number of aromatic nitrogens is 3. The van der Waals surface area contributed by atoms with Gasteiger partial charge in [0.25, 0.3) is 0 Å². The molecule has 1 aliphatic rings. The van der Waals surface area contributed by atoms with E-state index in [1.54, 1.807) is 7.11 Å². The van der Waals surface area contributed by atoms with Gasteiger partial charge in [0.1, 0.15) is 5.75 Å². The Kier molecular flexibility index (Phi) is 6.53. The van der Waals surface area contributed by atoms with Gasteiger partial charge >= 0.3 is 0 Å². The molecular formula is C22H25N5O2S. The van der Waals surface area contributed by atoms with Crippen LogP contribution in [0, 0.1) is 0 Å². The number of carbonyl (C=O) groups is 1. The van der Waals surface area contributed by atoms with E-state index in [1.165, 1.54) is 36.7 Å². The molecule has 0 radical (unpaired) electrons. The maximum absolute atomic E-state index is 12.3. The van der Waals surface area contributed by atoms with Crippen molar-refractivity contribution in [2.45, 2.75) is 24.4 Å². The van der Waals surface area contributed by atoms with E-state index in [9.17, 15) is 4.79 Å². The molecule has 0 spiro atoms. The smallest absolute Gasteiger partial charge is 0.234 e. The van der Waals surface area contributed by atoms with Crippen LogP contribution in [0.4, 0.5) is 11.4 Å². The number of carbonyl (C=O) groups excluding carboxylic acids is 1. The number of nitrogens with zero attached hydrogens (tertiary/aromatic N) is 3. The van der Waals surface area contributed by atoms with E-state index in [-0.39, 0.29) is 11.7 Å². The van der Waals surface area contributed by atoms with Crippen molar-refractivity contribution < 1.29 is 9.53 Å². The number of aromatic amines is 1. The molecule has 4 rings (SSSR count). The first-order valence-corrected chi connectivity index (χ1v) is 11.0. The number of ether oxygens (including phenoxy) is 1. The van der Waals surface area contributed by atoms with Crippen LogP contribution in [-0.2, 0) is 4.79 Å². The first-order chi connectivity index (χ1) is 14.7. The van der Waals surface area contributed by atoms with Gasteiger partial charge in [0.05, 0.1) is 12.9 Å². The molecule has 1 aliphatic heterocycles. The highest BCUT2D eigenvalue weighted by Gasteiger charge is 2.12. The molecule has 1 fully saturated rings. The number of hydrogen-bond acceptors (Lipinski definition) is 6. The normalized spacial score (nSPS) is 13.8. The number of rotatable bonds is 7. The van der Waals surface area contributed by atoms with Crippen molar-refractivity contribution in [3.63, 3.8) is 0 Å². The molecule has 0 atom stereocenters. The SMILES string of the molecule is COc1ccc(-c2nc(SCC(=O)Nc3ccc(N4CCCCC4)cc3)n[nH]2)cc1. The summed E-state index contributed by atoms with van der Waals surface area (Å²) in [6.07, 6.45) is 3.81. The molecule has 8 heteroatoms. The Labute approximate surface area is 180 Å². The van der Waals surface area contributed by atoms with Gasteiger partial charge in [-0.2, -0.15) is 0 Å². The highest BCUT2D eigenvalue weighted by atomic mass is 32.2. The fraction of sp³-hybridized carbons (Fsp3) is 0.318. The summed E-state index contributed by atoms with van der Waals surface area (Å²) in [6.45, 7) is 2.22. The van der Waals surface area contributed by atoms with Crippen LogP contribution in [0.25, 0.3) is 11.4 Å². The summed E-state index contributed by atoms with van der Waals surface area (Å²) < 4.78 is 5.16. The monoisotopic (exact) mass is 423 g/mol. The Morgan fingerprint density at radius 1 is 1.10 bits per heavy atom. The Morgan fingerprint density at radius 3 is 2.53 bits per heavy atom. The minimum Gasteiger partial charge on any atom is -0.497 e. The highest BCUT2D eigenvalue weighted by Crippen LogP contribution is 2.23. The lowest BCUT2D eigenvalue weighted by Crippen LogP contribution is -2.29. The van der Waals surface area contributed by atoms with E-state index in [0.29, 0.717) is 11.0 Å². The first kappa shape index (κ1) is 20.3. The zero-order valence-electron chi connectivity index (χ0n) is 16.9. The molecule has 2 N–H and O–H groups in total. The van der Waals surface area contributed by atoms with Gasteiger partial charge in [0, 0.05) is 30.0 Å². The molecular weight excluding hydrogens is 398 g/mol. The van der Waals surface area contributed by atoms with Gasteiger partial charge in [-0.15, -0.1) is 5.10 Å². The van der Waals surface area contributed by atoms with Crippen LogP contribution in [0.3, 0.4) is 0 Å². The largest absolute Gasteiger partial charge is 0.497 e. The zero-order chi connectivity index (χ0) is 20.8. The van der Waals surface area contributed by atoms with Crippen LogP contribution in [0.5, 0.6) is 5.75 Å². The predicted molar refractivity (Wildman–Crippen MR) is 120 cm³/mol. The number of nitrogens with one attached hydrogen (secondary N) is 2. The summed E-state index contributed by atoms with van der Waals surface area (Å²) in [7, 11) is 1.63. The van der Waals surface area contributed by atoms with Crippen LogP contribution in [0.1, 0.15) is 19.3 Å². The lowest BCUT2D eigenvalue weighted by molar-refractivity contribution is -0.113. The predicted octanol–water partition coefficient (Wildman–Crippen LogP) is 4.20. The van der Waals surface area contributed by atoms with Crippen molar-refractivity contribution in [3.8, 4) is 17.1 Å². The van der Waals surface area contributed by atoms with E-state index >= 15 is 0 Å². The molecule has 0 unspecified atom stereocenters. The third-order valence-electron chi connectivity index (χ3n) is 5.03. The van der Waals surface area contributed by atoms with Crippen molar-refractivity contribution in [2.75, 3.05) is 36.2 Å². The fourth-order valence-corrected chi connectivity index (χ4v) is 4.02. The van der Waals surface area contributed by atoms with Crippen molar-refractivity contribution in [3.05, 3.63) is 48.5 Å². The maximum atomic E-state index is 12.3. The molecule has 30 heavy (non-hydrogen) atoms. The number of thioether (sulfide) groups is 1. The van der Waals surface area contributed by atoms with Crippen LogP contribution < -0.4 is 15.0 Å². The molecule has 1 amide bonds. The van der Waals surface area contributed by atoms with Crippen LogP contribution in [0.2, 0.25) is 0 Å². The molecule has 156 valence electrons. The Morgan fingerprint density at radius 2 is 1.83 bits per heavy atom. The van der Waals surface area contributed by atoms with Crippen molar-refractivity contribution in [1.82, 2.24) is 15.2 Å². The average molecular weight is 424 g/mol. The number of methoxy groups -OCH3 is 1. The zero-order valence-corrected chi connectivity index (χ0v) is 17.7. The summed E-state index contributed by atoms with van der Waals surface area (Å²) in [5, 5.41) is 10.6. The van der Waals surface area contributed by atoms with Gasteiger partial charge in [-0.05, 0) is 67.8 Å². The van der Waals surface area contributed by atoms with Crippen molar-refractivity contribution in [2.24, 2.45) is 0 Å². The number of anilines is 2. The Bertz CT molecular complexity index is 966. The third-order valence-corrected chi connectivity index (χ3v) is 5.88. The minimum absolute atomic E-state index is 0.0819. The minimum atomic E-state index is -0.0819. The number of hydrogen-bond donors (Lipinski definition) is 2. The summed E-state index contributed by atoms with van der Waals surface area (Å²) in [5.74, 6) is 1.61. The van der Waals surface area contributed by atoms with Gasteiger partial charge in [0.15, 0.2) is 5.82 Å². The standard InChI is InChI=1S/C22H25N5O2S/c1-29-19-11-5-16(6-12-19)21-24-22(26-25-21)30-15-20(28)23-17-7-9-18(10-8-17)27-13-3-2-4-14-27/h5-12H,2-4,13-15H2,1H3,(H,23,28)(H,24,25,26). The van der Waals surface area contributed by atoms with Crippen molar-refractivity contribution in [1.29, 1.82) is 0 Å². The summed E-state index contributed by atoms with van der Waals surface area (Å²) in [6, 6.07) is 15.6. The topological polar surface area (TPSA) is 83.1 Å². The second-order valence-electron chi connectivity index (χ2n) is 7.13. The van der Waals surface area contributed by atoms with Crippen LogP contribution in [0.15, 0.2) is 53.7 Å². The van der Waals surface area contributed by atoms with E-state index in [0.717, 1.165) is 30.1 Å². The van der Waals surface area contributed by atoms with Gasteiger partial charge in [0.2, 0.25) is 11.1 Å². The van der Waals surface area contributed by atoms with Gasteiger partial charge in [-0.3, -0.25) is 9.89 Å². The summed E-state index contributed by atoms with van der Waals surface area (Å²) in [5.41, 5.74) is 2.93. The third kappa shape index (κ3) is 5.13. The number of benzene rings is 2. The number of piperidine rings is 1. The molecule has 2 aromatic carbocycles. The van der Waals surface area contributed by atoms with E-state index in [2.05, 4.69) is 37.5 Å². The molecule has 1 aromatic heterocycles. The average Bonchev–Trinajstić information content (AvgIpc) is 3.28. The Hall–Kier alpha value is -3.00. The molecule has 2 heterocycles. The second-order valence-corrected chi connectivity index (χ2v) is 8.07. The molecule has 3 aromatic rings. The number of H-pyrrole nitrogens is 1. The first-order valence-electron chi connectivity index (χ1n) is 10.1. The lowest BCUT2D eigenvalue weighted by atomic mass is 10.1. The quantitative estimate of drug-likeness (QED) is 0.554. The molecule has 0 aliphatic carbocycles. The van der Waals surface area contributed by atoms with Crippen molar-refractivity contribution >= 4 is 29.0 Å². The van der Waals surface area contributed by atoms with Gasteiger partial charge < -0.3 is 15.0 Å². The van der Waals surface area contributed by atoms with Gasteiger partial charge in [-0.25, -0.2) is 4.98 Å². The number of amides is 1. The van der Waals surface area contributed by atoms with Crippen LogP contribution >= 0.6 is 11.8 Å². The molecule has 0 saturated carbocycles. The highest BCUT2D eigenvalue weighted by molar-refractivity contribution is 7.99. The molecule has 0 bridgehead atoms. The summed E-state index contributed by atoms with van der Waals surface area (Å²) in [4.78, 5) is 19.1. The lowest BCUT2D eigenvalue weighted by Gasteiger charge is -2.28. The van der Waals surface area contributed by atoms with Gasteiger partial charge in [-0.1, -0.05) is 11.8 Å². The molecule has 1 saturated heterocycles. The summed E-state index contributed by atoms with van der Waals surface area (Å²) >= 11 is 1.30. The fourth-order valence-electron chi connectivity index (χ4n) is 3.42. The van der Waals surface area contributed by atoms with E-state index in [4.69, 9.17) is 4.74 Å².